The number of ether oxygens (including phenoxy) is 1. The predicted octanol–water partition coefficient (Wildman–Crippen LogP) is 1.65. The van der Waals surface area contributed by atoms with E-state index in [1.54, 1.807) is 18.5 Å². The Labute approximate surface area is 112 Å². The van der Waals surface area contributed by atoms with E-state index in [0.717, 1.165) is 13.0 Å². The Bertz CT molecular complexity index is 523. The molecule has 0 aromatic carbocycles. The van der Waals surface area contributed by atoms with E-state index < -0.39 is 0 Å². The van der Waals surface area contributed by atoms with Crippen LogP contribution in [-0.2, 0) is 13.5 Å². The number of nitrogens with one attached hydrogen (secondary N) is 1. The van der Waals surface area contributed by atoms with E-state index in [1.807, 2.05) is 31.6 Å². The molecule has 102 valence electrons. The summed E-state index contributed by atoms with van der Waals surface area (Å²) in [6, 6.07) is 3.76. The van der Waals surface area contributed by atoms with Crippen LogP contribution in [-0.4, -0.2) is 32.4 Å². The molecule has 0 saturated heterocycles. The van der Waals surface area contributed by atoms with Crippen LogP contribution in [0, 0.1) is 0 Å². The summed E-state index contributed by atoms with van der Waals surface area (Å²) in [5.41, 5.74) is 1.17. The fourth-order valence-electron chi connectivity index (χ4n) is 1.68. The van der Waals surface area contributed by atoms with Crippen molar-refractivity contribution in [3.63, 3.8) is 0 Å². The smallest absolute Gasteiger partial charge is 0.225 e. The molecule has 2 rings (SSSR count). The Morgan fingerprint density at radius 1 is 1.32 bits per heavy atom. The summed E-state index contributed by atoms with van der Waals surface area (Å²) in [6.45, 7) is 4.69. The van der Waals surface area contributed by atoms with E-state index in [9.17, 15) is 0 Å². The molecule has 0 fully saturated rings. The third-order valence-electron chi connectivity index (χ3n) is 2.57. The summed E-state index contributed by atoms with van der Waals surface area (Å²) in [4.78, 5) is 8.45. The second kappa shape index (κ2) is 6.17. The SMILES string of the molecule is CC(C)Oc1ccnc(NCCc2ccnn2C)n1. The molecular weight excluding hydrogens is 242 g/mol. The Morgan fingerprint density at radius 3 is 2.84 bits per heavy atom. The Balaban J connectivity index is 1.87. The van der Waals surface area contributed by atoms with Gasteiger partial charge in [0.2, 0.25) is 11.8 Å². The van der Waals surface area contributed by atoms with Gasteiger partial charge in [0.15, 0.2) is 0 Å². The monoisotopic (exact) mass is 261 g/mol. The molecule has 0 aliphatic carbocycles. The lowest BCUT2D eigenvalue weighted by Gasteiger charge is -2.10. The van der Waals surface area contributed by atoms with Gasteiger partial charge in [0.1, 0.15) is 0 Å². The van der Waals surface area contributed by atoms with Crippen molar-refractivity contribution in [3.8, 4) is 5.88 Å². The first-order chi connectivity index (χ1) is 9.15. The van der Waals surface area contributed by atoms with Crippen LogP contribution < -0.4 is 10.1 Å². The minimum atomic E-state index is 0.109. The van der Waals surface area contributed by atoms with Crippen molar-refractivity contribution in [1.82, 2.24) is 19.7 Å². The highest BCUT2D eigenvalue weighted by molar-refractivity contribution is 5.27. The molecule has 0 amide bonds. The van der Waals surface area contributed by atoms with Crippen molar-refractivity contribution in [2.24, 2.45) is 7.05 Å². The molecule has 19 heavy (non-hydrogen) atoms. The average Bonchev–Trinajstić information content (AvgIpc) is 2.75. The van der Waals surface area contributed by atoms with Crippen molar-refractivity contribution >= 4 is 5.95 Å². The summed E-state index contributed by atoms with van der Waals surface area (Å²) in [5.74, 6) is 1.17. The van der Waals surface area contributed by atoms with E-state index in [-0.39, 0.29) is 6.10 Å². The number of aryl methyl sites for hydroxylation is 1. The minimum Gasteiger partial charge on any atom is -0.475 e. The number of nitrogens with zero attached hydrogens (tertiary/aromatic N) is 4. The van der Waals surface area contributed by atoms with Crippen LogP contribution in [0.25, 0.3) is 0 Å². The zero-order chi connectivity index (χ0) is 13.7. The number of rotatable bonds is 6. The van der Waals surface area contributed by atoms with Gasteiger partial charge in [0.05, 0.1) is 6.10 Å². The first-order valence-electron chi connectivity index (χ1n) is 6.35. The highest BCUT2D eigenvalue weighted by atomic mass is 16.5. The van der Waals surface area contributed by atoms with Gasteiger partial charge in [0, 0.05) is 44.2 Å². The molecule has 0 unspecified atom stereocenters. The second-order valence-electron chi connectivity index (χ2n) is 4.51. The third-order valence-corrected chi connectivity index (χ3v) is 2.57. The highest BCUT2D eigenvalue weighted by Gasteiger charge is 2.03. The normalized spacial score (nSPS) is 10.7. The van der Waals surface area contributed by atoms with E-state index in [0.29, 0.717) is 11.8 Å². The molecule has 0 saturated carbocycles. The van der Waals surface area contributed by atoms with Crippen molar-refractivity contribution < 1.29 is 4.74 Å². The molecule has 0 spiro atoms. The summed E-state index contributed by atoms with van der Waals surface area (Å²) in [7, 11) is 1.93. The van der Waals surface area contributed by atoms with Crippen LogP contribution in [0.2, 0.25) is 0 Å². The lowest BCUT2D eigenvalue weighted by atomic mass is 10.3. The van der Waals surface area contributed by atoms with Crippen molar-refractivity contribution in [2.45, 2.75) is 26.4 Å². The van der Waals surface area contributed by atoms with E-state index >= 15 is 0 Å². The first-order valence-corrected chi connectivity index (χ1v) is 6.35. The van der Waals surface area contributed by atoms with Crippen LogP contribution in [0.1, 0.15) is 19.5 Å². The number of anilines is 1. The maximum Gasteiger partial charge on any atom is 0.225 e. The lowest BCUT2D eigenvalue weighted by molar-refractivity contribution is 0.232. The fraction of sp³-hybridized carbons (Fsp3) is 0.462. The second-order valence-corrected chi connectivity index (χ2v) is 4.51. The summed E-state index contributed by atoms with van der Waals surface area (Å²) in [5, 5.41) is 7.31. The van der Waals surface area contributed by atoms with Gasteiger partial charge in [-0.25, -0.2) is 4.98 Å². The highest BCUT2D eigenvalue weighted by Crippen LogP contribution is 2.10. The zero-order valence-electron chi connectivity index (χ0n) is 11.5. The average molecular weight is 261 g/mol. The van der Waals surface area contributed by atoms with E-state index in [1.165, 1.54) is 5.69 Å². The van der Waals surface area contributed by atoms with Gasteiger partial charge in [-0.2, -0.15) is 10.1 Å². The largest absolute Gasteiger partial charge is 0.475 e. The zero-order valence-corrected chi connectivity index (χ0v) is 11.5. The van der Waals surface area contributed by atoms with Crippen LogP contribution in [0.3, 0.4) is 0 Å². The molecule has 0 aliphatic heterocycles. The summed E-state index contributed by atoms with van der Waals surface area (Å²) in [6.07, 6.45) is 4.46. The molecule has 0 bridgehead atoms. The van der Waals surface area contributed by atoms with Gasteiger partial charge in [-0.05, 0) is 19.9 Å². The Kier molecular flexibility index (Phi) is 4.33. The number of hydrogen-bond donors (Lipinski definition) is 1. The van der Waals surface area contributed by atoms with E-state index in [2.05, 4.69) is 20.4 Å². The van der Waals surface area contributed by atoms with Crippen LogP contribution in [0.5, 0.6) is 5.88 Å². The van der Waals surface area contributed by atoms with Gasteiger partial charge in [-0.3, -0.25) is 4.68 Å². The molecule has 0 atom stereocenters. The van der Waals surface area contributed by atoms with Gasteiger partial charge < -0.3 is 10.1 Å². The standard InChI is InChI=1S/C13H19N5O/c1-10(2)19-12-6-8-15-13(17-12)14-7-4-11-5-9-16-18(11)3/h5-6,8-10H,4,7H2,1-3H3,(H,14,15,17). The molecule has 0 radical (unpaired) electrons. The van der Waals surface area contributed by atoms with Crippen molar-refractivity contribution in [1.29, 1.82) is 0 Å². The van der Waals surface area contributed by atoms with Crippen LogP contribution >= 0.6 is 0 Å². The van der Waals surface area contributed by atoms with Crippen molar-refractivity contribution in [2.75, 3.05) is 11.9 Å². The molecule has 6 heteroatoms. The number of hydrogen-bond acceptors (Lipinski definition) is 5. The van der Waals surface area contributed by atoms with Gasteiger partial charge >= 0.3 is 0 Å². The first kappa shape index (κ1) is 13.3. The molecular formula is C13H19N5O. The topological polar surface area (TPSA) is 64.9 Å². The molecule has 2 heterocycles. The summed E-state index contributed by atoms with van der Waals surface area (Å²) >= 11 is 0. The molecule has 1 N–H and O–H groups in total. The molecule has 2 aromatic rings. The maximum atomic E-state index is 5.52. The van der Waals surface area contributed by atoms with E-state index in [4.69, 9.17) is 4.74 Å². The van der Waals surface area contributed by atoms with Gasteiger partial charge in [0.25, 0.3) is 0 Å². The van der Waals surface area contributed by atoms with Crippen molar-refractivity contribution in [3.05, 3.63) is 30.2 Å². The third kappa shape index (κ3) is 3.94. The minimum absolute atomic E-state index is 0.109. The molecule has 2 aromatic heterocycles. The van der Waals surface area contributed by atoms with Crippen LogP contribution in [0.15, 0.2) is 24.5 Å². The Hall–Kier alpha value is -2.11. The maximum absolute atomic E-state index is 5.52. The Morgan fingerprint density at radius 2 is 2.16 bits per heavy atom. The van der Waals surface area contributed by atoms with Gasteiger partial charge in [-0.1, -0.05) is 0 Å². The van der Waals surface area contributed by atoms with Crippen LogP contribution in [0.4, 0.5) is 5.95 Å². The van der Waals surface area contributed by atoms with Gasteiger partial charge in [-0.15, -0.1) is 0 Å². The quantitative estimate of drug-likeness (QED) is 0.856. The molecule has 6 nitrogen and oxygen atoms in total. The fourth-order valence-corrected chi connectivity index (χ4v) is 1.68. The number of aromatic nitrogens is 4. The lowest BCUT2D eigenvalue weighted by Crippen LogP contribution is -2.12. The molecule has 0 aliphatic rings. The summed E-state index contributed by atoms with van der Waals surface area (Å²) < 4.78 is 7.38. The predicted molar refractivity (Wildman–Crippen MR) is 73.2 cm³/mol.